The molecule has 0 saturated carbocycles. The highest BCUT2D eigenvalue weighted by atomic mass is 19.1. The molecule has 88 valence electrons. The van der Waals surface area contributed by atoms with E-state index in [1.54, 1.807) is 10.9 Å². The Kier molecular flexibility index (Phi) is 3.27. The molecule has 4 nitrogen and oxygen atoms in total. The molecule has 0 unspecified atom stereocenters. The Morgan fingerprint density at radius 1 is 1.41 bits per heavy atom. The van der Waals surface area contributed by atoms with E-state index in [4.69, 9.17) is 0 Å². The van der Waals surface area contributed by atoms with E-state index in [-0.39, 0.29) is 5.78 Å². The van der Waals surface area contributed by atoms with Crippen LogP contribution < -0.4 is 0 Å². The summed E-state index contributed by atoms with van der Waals surface area (Å²) in [4.78, 5) is 15.5. The van der Waals surface area contributed by atoms with Gasteiger partial charge in [-0.25, -0.2) is 4.39 Å². The van der Waals surface area contributed by atoms with Crippen molar-refractivity contribution in [2.24, 2.45) is 7.05 Å². The van der Waals surface area contributed by atoms with Gasteiger partial charge in [-0.2, -0.15) is 5.10 Å². The summed E-state index contributed by atoms with van der Waals surface area (Å²) in [6.07, 6.45) is 5.62. The number of halogens is 1. The molecule has 2 aromatic heterocycles. The van der Waals surface area contributed by atoms with Crippen molar-refractivity contribution in [3.05, 3.63) is 47.8 Å². The maximum Gasteiger partial charge on any atom is 0.181 e. The number of Topliss-reactive ketones (excluding diaryl/α,β-unsaturated/α-hetero) is 1. The van der Waals surface area contributed by atoms with Gasteiger partial charge in [0, 0.05) is 19.7 Å². The lowest BCUT2D eigenvalue weighted by atomic mass is 10.1. The summed E-state index contributed by atoms with van der Waals surface area (Å²) >= 11 is 0. The van der Waals surface area contributed by atoms with E-state index in [9.17, 15) is 9.18 Å². The fraction of sp³-hybridized carbons (Fsp3) is 0.250. The molecule has 0 fully saturated rings. The molecule has 0 saturated heterocycles. The Morgan fingerprint density at radius 2 is 2.24 bits per heavy atom. The average molecular weight is 233 g/mol. The van der Waals surface area contributed by atoms with E-state index in [0.717, 1.165) is 11.8 Å². The van der Waals surface area contributed by atoms with Crippen molar-refractivity contribution in [1.29, 1.82) is 0 Å². The van der Waals surface area contributed by atoms with Crippen LogP contribution in [0.1, 0.15) is 22.5 Å². The number of nitrogens with zero attached hydrogens (tertiary/aromatic N) is 3. The fourth-order valence-corrected chi connectivity index (χ4v) is 1.53. The predicted molar refractivity (Wildman–Crippen MR) is 60.1 cm³/mol. The van der Waals surface area contributed by atoms with E-state index in [1.807, 2.05) is 13.2 Å². The number of carbonyl (C=O) groups excluding carboxylic acids is 1. The molecule has 0 aromatic carbocycles. The van der Waals surface area contributed by atoms with Gasteiger partial charge in [-0.05, 0) is 24.1 Å². The van der Waals surface area contributed by atoms with Crippen molar-refractivity contribution in [3.63, 3.8) is 0 Å². The summed E-state index contributed by atoms with van der Waals surface area (Å²) in [6.45, 7) is 0. The highest BCUT2D eigenvalue weighted by molar-refractivity contribution is 5.94. The summed E-state index contributed by atoms with van der Waals surface area (Å²) in [5.41, 5.74) is 1.30. The van der Waals surface area contributed by atoms with Crippen LogP contribution in [0.4, 0.5) is 4.39 Å². The first-order chi connectivity index (χ1) is 8.15. The lowest BCUT2D eigenvalue weighted by Crippen LogP contribution is -2.03. The maximum absolute atomic E-state index is 12.6. The van der Waals surface area contributed by atoms with E-state index in [2.05, 4.69) is 10.1 Å². The number of hydrogen-bond acceptors (Lipinski definition) is 3. The number of pyridine rings is 1. The van der Waals surface area contributed by atoms with E-state index in [0.29, 0.717) is 18.5 Å². The van der Waals surface area contributed by atoms with E-state index in [1.165, 1.54) is 12.1 Å². The predicted octanol–water partition coefficient (Wildman–Crippen LogP) is 1.77. The molecule has 0 aliphatic rings. The minimum absolute atomic E-state index is 0.0890. The monoisotopic (exact) mass is 233 g/mol. The molecule has 0 aliphatic carbocycles. The van der Waals surface area contributed by atoms with Crippen LogP contribution in [0, 0.1) is 5.82 Å². The Balaban J connectivity index is 1.95. The van der Waals surface area contributed by atoms with Crippen molar-refractivity contribution >= 4 is 5.78 Å². The quantitative estimate of drug-likeness (QED) is 0.756. The number of carbonyl (C=O) groups is 1. The van der Waals surface area contributed by atoms with Crippen LogP contribution in [0.3, 0.4) is 0 Å². The minimum atomic E-state index is -0.436. The highest BCUT2D eigenvalue weighted by Gasteiger charge is 2.08. The van der Waals surface area contributed by atoms with Crippen LogP contribution in [0.5, 0.6) is 0 Å². The lowest BCUT2D eigenvalue weighted by Gasteiger charge is -1.98. The number of ketones is 1. The number of hydrogen-bond donors (Lipinski definition) is 0. The molecule has 0 amide bonds. The Morgan fingerprint density at radius 3 is 2.82 bits per heavy atom. The third kappa shape index (κ3) is 2.96. The molecular weight excluding hydrogens is 221 g/mol. The van der Waals surface area contributed by atoms with Crippen molar-refractivity contribution < 1.29 is 9.18 Å². The maximum atomic E-state index is 12.6. The lowest BCUT2D eigenvalue weighted by molar-refractivity contribution is 0.0978. The highest BCUT2D eigenvalue weighted by Crippen LogP contribution is 2.06. The van der Waals surface area contributed by atoms with Crippen LogP contribution in [-0.2, 0) is 13.5 Å². The minimum Gasteiger partial charge on any atom is -0.292 e. The van der Waals surface area contributed by atoms with Gasteiger partial charge >= 0.3 is 0 Å². The molecule has 17 heavy (non-hydrogen) atoms. The van der Waals surface area contributed by atoms with Gasteiger partial charge in [-0.15, -0.1) is 0 Å². The van der Waals surface area contributed by atoms with Gasteiger partial charge in [0.1, 0.15) is 11.5 Å². The van der Waals surface area contributed by atoms with Crippen LogP contribution in [0.15, 0.2) is 30.7 Å². The molecular formula is C12H12FN3O. The molecule has 0 radical (unpaired) electrons. The van der Waals surface area contributed by atoms with Gasteiger partial charge in [0.05, 0.1) is 12.4 Å². The molecule has 5 heteroatoms. The fourth-order valence-electron chi connectivity index (χ4n) is 1.53. The van der Waals surface area contributed by atoms with Crippen molar-refractivity contribution in [3.8, 4) is 0 Å². The van der Waals surface area contributed by atoms with Gasteiger partial charge in [0.15, 0.2) is 5.78 Å². The SMILES string of the molecule is Cn1cc(CCC(=O)c2ccc(F)cn2)cn1. The zero-order valence-electron chi connectivity index (χ0n) is 9.43. The molecule has 0 N–H and O–H groups in total. The summed E-state index contributed by atoms with van der Waals surface area (Å²) in [7, 11) is 1.83. The van der Waals surface area contributed by atoms with Crippen molar-refractivity contribution in [2.45, 2.75) is 12.8 Å². The molecule has 0 aliphatic heterocycles. The smallest absolute Gasteiger partial charge is 0.181 e. The number of aryl methyl sites for hydroxylation is 2. The van der Waals surface area contributed by atoms with Gasteiger partial charge in [0.25, 0.3) is 0 Å². The summed E-state index contributed by atoms with van der Waals surface area (Å²) in [6, 6.07) is 2.64. The molecule has 2 aromatic rings. The van der Waals surface area contributed by atoms with Crippen molar-refractivity contribution in [1.82, 2.24) is 14.8 Å². The van der Waals surface area contributed by atoms with Crippen molar-refractivity contribution in [2.75, 3.05) is 0 Å². The standard InChI is InChI=1S/C12H12FN3O/c1-16-8-9(6-15-16)2-5-12(17)11-4-3-10(13)7-14-11/h3-4,6-8H,2,5H2,1H3. The van der Waals surface area contributed by atoms with Crippen LogP contribution in [-0.4, -0.2) is 20.5 Å². The molecule has 0 bridgehead atoms. The van der Waals surface area contributed by atoms with Gasteiger partial charge in [-0.1, -0.05) is 0 Å². The summed E-state index contributed by atoms with van der Waals surface area (Å²) < 4.78 is 14.3. The zero-order valence-corrected chi connectivity index (χ0v) is 9.43. The Labute approximate surface area is 98.1 Å². The number of rotatable bonds is 4. The number of aromatic nitrogens is 3. The van der Waals surface area contributed by atoms with Gasteiger partial charge in [0.2, 0.25) is 0 Å². The van der Waals surface area contributed by atoms with E-state index < -0.39 is 5.82 Å². The second-order valence-corrected chi connectivity index (χ2v) is 3.81. The van der Waals surface area contributed by atoms with E-state index >= 15 is 0 Å². The molecule has 0 atom stereocenters. The first-order valence-electron chi connectivity index (χ1n) is 5.27. The largest absolute Gasteiger partial charge is 0.292 e. The Bertz CT molecular complexity index is 519. The average Bonchev–Trinajstić information content (AvgIpc) is 2.73. The van der Waals surface area contributed by atoms with Crippen LogP contribution in [0.2, 0.25) is 0 Å². The third-order valence-electron chi connectivity index (χ3n) is 2.41. The second-order valence-electron chi connectivity index (χ2n) is 3.81. The Hall–Kier alpha value is -2.04. The normalized spacial score (nSPS) is 10.5. The first kappa shape index (κ1) is 11.4. The summed E-state index contributed by atoms with van der Waals surface area (Å²) in [5, 5.41) is 4.02. The molecule has 0 spiro atoms. The summed E-state index contributed by atoms with van der Waals surface area (Å²) in [5.74, 6) is -0.525. The zero-order chi connectivity index (χ0) is 12.3. The van der Waals surface area contributed by atoms with Crippen LogP contribution >= 0.6 is 0 Å². The molecule has 2 heterocycles. The molecule has 2 rings (SSSR count). The first-order valence-corrected chi connectivity index (χ1v) is 5.27. The van der Waals surface area contributed by atoms with Gasteiger partial charge < -0.3 is 0 Å². The topological polar surface area (TPSA) is 47.8 Å². The second kappa shape index (κ2) is 4.86. The van der Waals surface area contributed by atoms with Crippen LogP contribution in [0.25, 0.3) is 0 Å². The third-order valence-corrected chi connectivity index (χ3v) is 2.41. The van der Waals surface area contributed by atoms with Gasteiger partial charge in [-0.3, -0.25) is 14.5 Å².